The predicted octanol–water partition coefficient (Wildman–Crippen LogP) is 3.09. The number of fused-ring (bicyclic) bond motifs is 1. The molecule has 1 aromatic carbocycles. The number of carbonyl (C=O) groups excluding carboxylic acids is 1. The third-order valence-electron chi connectivity index (χ3n) is 4.21. The van der Waals surface area contributed by atoms with Crippen molar-refractivity contribution in [1.29, 1.82) is 0 Å². The molecule has 8 heteroatoms. The lowest BCUT2D eigenvalue weighted by Gasteiger charge is -2.29. The molecule has 1 amide bonds. The molecule has 4 rings (SSSR count). The van der Waals surface area contributed by atoms with Crippen molar-refractivity contribution in [3.8, 4) is 18.2 Å². The number of likely N-dealkylation sites (tertiary alicyclic amines) is 1. The number of anilines is 2. The number of rotatable bonds is 3. The first kappa shape index (κ1) is 16.7. The van der Waals surface area contributed by atoms with Crippen molar-refractivity contribution in [2.75, 3.05) is 18.4 Å². The molecule has 2 aromatic heterocycles. The summed E-state index contributed by atoms with van der Waals surface area (Å²) in [7, 11) is 0. The van der Waals surface area contributed by atoms with Gasteiger partial charge in [-0.2, -0.15) is 0 Å². The Labute approximate surface area is 154 Å². The van der Waals surface area contributed by atoms with Crippen LogP contribution in [0.5, 0.6) is 5.88 Å². The first-order chi connectivity index (χ1) is 13.2. The Morgan fingerprint density at radius 2 is 2.15 bits per heavy atom. The van der Waals surface area contributed by atoms with E-state index in [2.05, 4.69) is 26.2 Å². The zero-order valence-electron chi connectivity index (χ0n) is 14.1. The zero-order valence-corrected chi connectivity index (χ0v) is 14.1. The van der Waals surface area contributed by atoms with Crippen LogP contribution in [0.1, 0.15) is 12.0 Å². The quantitative estimate of drug-likeness (QED) is 0.721. The monoisotopic (exact) mass is 363 g/mol. The predicted molar refractivity (Wildman–Crippen MR) is 97.2 cm³/mol. The van der Waals surface area contributed by atoms with Crippen LogP contribution in [0.15, 0.2) is 36.8 Å². The number of nitrogens with zero attached hydrogens (tertiary/aromatic N) is 4. The summed E-state index contributed by atoms with van der Waals surface area (Å²) in [6, 6.07) is 6.25. The maximum absolute atomic E-state index is 14.4. The molecule has 3 aromatic rings. The molecule has 0 radical (unpaired) electrons. The van der Waals surface area contributed by atoms with Crippen molar-refractivity contribution in [3.05, 3.63) is 48.2 Å². The molecule has 1 aliphatic rings. The van der Waals surface area contributed by atoms with Crippen LogP contribution in [0.2, 0.25) is 0 Å². The normalized spacial score (nSPS) is 13.0. The highest BCUT2D eigenvalue weighted by atomic mass is 19.1. The summed E-state index contributed by atoms with van der Waals surface area (Å²) >= 11 is 0. The Hall–Kier alpha value is -3.73. The lowest BCUT2D eigenvalue weighted by atomic mass is 10.2. The molecule has 0 saturated carbocycles. The van der Waals surface area contributed by atoms with Gasteiger partial charge in [-0.1, -0.05) is 12.0 Å². The van der Waals surface area contributed by atoms with Gasteiger partial charge in [-0.15, -0.1) is 6.42 Å². The number of ether oxygens (including phenoxy) is 1. The molecule has 0 spiro atoms. The number of hydrogen-bond donors (Lipinski definition) is 1. The molecular formula is C19H14FN5O2. The third-order valence-corrected chi connectivity index (χ3v) is 4.21. The first-order valence-electron chi connectivity index (χ1n) is 8.25. The van der Waals surface area contributed by atoms with Crippen LogP contribution in [-0.2, 0) is 0 Å². The minimum atomic E-state index is -0.551. The van der Waals surface area contributed by atoms with Crippen molar-refractivity contribution in [2.24, 2.45) is 0 Å². The number of amides is 1. The number of nitrogens with one attached hydrogen (secondary N) is 1. The fourth-order valence-corrected chi connectivity index (χ4v) is 2.62. The van der Waals surface area contributed by atoms with E-state index < -0.39 is 11.9 Å². The Balaban J connectivity index is 1.67. The summed E-state index contributed by atoms with van der Waals surface area (Å²) in [5.41, 5.74) is 0.843. The lowest BCUT2D eigenvalue weighted by molar-refractivity contribution is 0.123. The van der Waals surface area contributed by atoms with E-state index in [1.165, 1.54) is 24.7 Å². The van der Waals surface area contributed by atoms with Crippen LogP contribution in [0, 0.1) is 18.2 Å². The molecule has 0 unspecified atom stereocenters. The third kappa shape index (κ3) is 3.22. The van der Waals surface area contributed by atoms with E-state index >= 15 is 0 Å². The maximum atomic E-state index is 14.4. The average molecular weight is 363 g/mol. The van der Waals surface area contributed by atoms with Crippen molar-refractivity contribution in [3.63, 3.8) is 0 Å². The summed E-state index contributed by atoms with van der Waals surface area (Å²) in [6.45, 7) is 1.35. The van der Waals surface area contributed by atoms with Crippen molar-refractivity contribution >= 4 is 28.5 Å². The SMILES string of the molecule is C#Cc1cccc(Nc2ncnc3cnc(OC(=O)N4CCC4)cc23)c1F. The van der Waals surface area contributed by atoms with Gasteiger partial charge in [0.2, 0.25) is 5.88 Å². The Morgan fingerprint density at radius 1 is 1.30 bits per heavy atom. The van der Waals surface area contributed by atoms with Crippen LogP contribution >= 0.6 is 0 Å². The second-order valence-corrected chi connectivity index (χ2v) is 5.91. The molecule has 1 aliphatic heterocycles. The number of carbonyl (C=O) groups is 1. The smallest absolute Gasteiger partial charge is 0.391 e. The summed E-state index contributed by atoms with van der Waals surface area (Å²) in [5, 5.41) is 3.45. The summed E-state index contributed by atoms with van der Waals surface area (Å²) in [4.78, 5) is 25.9. The summed E-state index contributed by atoms with van der Waals surface area (Å²) < 4.78 is 19.7. The zero-order chi connectivity index (χ0) is 18.8. The maximum Gasteiger partial charge on any atom is 0.416 e. The second-order valence-electron chi connectivity index (χ2n) is 5.91. The van der Waals surface area contributed by atoms with E-state index in [-0.39, 0.29) is 17.1 Å². The Morgan fingerprint density at radius 3 is 2.89 bits per heavy atom. The minimum Gasteiger partial charge on any atom is -0.391 e. The highest BCUT2D eigenvalue weighted by molar-refractivity contribution is 5.91. The van der Waals surface area contributed by atoms with Gasteiger partial charge in [-0.05, 0) is 18.6 Å². The molecule has 0 bridgehead atoms. The highest BCUT2D eigenvalue weighted by Gasteiger charge is 2.22. The average Bonchev–Trinajstić information content (AvgIpc) is 2.62. The Kier molecular flexibility index (Phi) is 4.26. The Bertz CT molecular complexity index is 1080. The van der Waals surface area contributed by atoms with Gasteiger partial charge in [-0.25, -0.2) is 24.1 Å². The van der Waals surface area contributed by atoms with Crippen LogP contribution in [-0.4, -0.2) is 39.0 Å². The molecule has 27 heavy (non-hydrogen) atoms. The highest BCUT2D eigenvalue weighted by Crippen LogP contribution is 2.27. The lowest BCUT2D eigenvalue weighted by Crippen LogP contribution is -2.43. The van der Waals surface area contributed by atoms with Gasteiger partial charge in [-0.3, -0.25) is 0 Å². The van der Waals surface area contributed by atoms with Gasteiger partial charge >= 0.3 is 6.09 Å². The van der Waals surface area contributed by atoms with E-state index in [0.29, 0.717) is 29.8 Å². The van der Waals surface area contributed by atoms with Crippen LogP contribution in [0.25, 0.3) is 10.9 Å². The van der Waals surface area contributed by atoms with Gasteiger partial charge in [0.25, 0.3) is 0 Å². The van der Waals surface area contributed by atoms with E-state index in [1.807, 2.05) is 0 Å². The van der Waals surface area contributed by atoms with Crippen LogP contribution < -0.4 is 10.1 Å². The van der Waals surface area contributed by atoms with Gasteiger partial charge in [0.05, 0.1) is 23.0 Å². The van der Waals surface area contributed by atoms with Crippen molar-refractivity contribution in [1.82, 2.24) is 19.9 Å². The van der Waals surface area contributed by atoms with Crippen molar-refractivity contribution in [2.45, 2.75) is 6.42 Å². The molecule has 134 valence electrons. The van der Waals surface area contributed by atoms with Gasteiger partial charge < -0.3 is 15.0 Å². The standard InChI is InChI=1S/C19H14FN5O2/c1-2-12-5-3-6-14(17(12)20)24-18-13-9-16(21-10-15(13)22-11-23-18)27-19(26)25-7-4-8-25/h1,3,5-6,9-11H,4,7-8H2,(H,22,23,24). The van der Waals surface area contributed by atoms with E-state index in [0.717, 1.165) is 6.42 Å². The van der Waals surface area contributed by atoms with E-state index in [1.54, 1.807) is 17.0 Å². The fraction of sp³-hybridized carbons (Fsp3) is 0.158. The molecule has 7 nitrogen and oxygen atoms in total. The number of halogens is 1. The largest absolute Gasteiger partial charge is 0.416 e. The minimum absolute atomic E-state index is 0.120. The topological polar surface area (TPSA) is 80.2 Å². The number of aromatic nitrogens is 3. The molecular weight excluding hydrogens is 349 g/mol. The molecule has 1 saturated heterocycles. The summed E-state index contributed by atoms with van der Waals surface area (Å²) in [6.07, 6.45) is 8.62. The van der Waals surface area contributed by atoms with Crippen molar-refractivity contribution < 1.29 is 13.9 Å². The molecule has 3 heterocycles. The summed E-state index contributed by atoms with van der Waals surface area (Å²) in [5.74, 6) is 2.20. The molecule has 0 aliphatic carbocycles. The number of terminal acetylenes is 1. The molecule has 1 N–H and O–H groups in total. The van der Waals surface area contributed by atoms with Crippen LogP contribution in [0.3, 0.4) is 0 Å². The number of pyridine rings is 1. The van der Waals surface area contributed by atoms with Gasteiger partial charge in [0.15, 0.2) is 5.82 Å². The van der Waals surface area contributed by atoms with E-state index in [4.69, 9.17) is 11.2 Å². The van der Waals surface area contributed by atoms with Crippen LogP contribution in [0.4, 0.5) is 20.7 Å². The van der Waals surface area contributed by atoms with Gasteiger partial charge in [0.1, 0.15) is 12.1 Å². The van der Waals surface area contributed by atoms with E-state index in [9.17, 15) is 9.18 Å². The second kappa shape index (κ2) is 6.88. The number of benzene rings is 1. The first-order valence-corrected chi connectivity index (χ1v) is 8.25. The molecule has 0 atom stereocenters. The number of hydrogen-bond acceptors (Lipinski definition) is 6. The fourth-order valence-electron chi connectivity index (χ4n) is 2.62. The molecule has 1 fully saturated rings. The van der Waals surface area contributed by atoms with Gasteiger partial charge in [0, 0.05) is 24.5 Å².